The highest BCUT2D eigenvalue weighted by Crippen LogP contribution is 2.26. The summed E-state index contributed by atoms with van der Waals surface area (Å²) in [5.41, 5.74) is 3.15. The van der Waals surface area contributed by atoms with E-state index < -0.39 is 0 Å². The van der Waals surface area contributed by atoms with E-state index in [4.69, 9.17) is 0 Å². The molecule has 3 N–H and O–H groups in total. The second kappa shape index (κ2) is 4.65. The molecule has 1 heterocycles. The zero-order chi connectivity index (χ0) is 13.2. The summed E-state index contributed by atoms with van der Waals surface area (Å²) in [4.78, 5) is 0. The van der Waals surface area contributed by atoms with Crippen molar-refractivity contribution < 1.29 is 5.11 Å². The maximum absolute atomic E-state index is 9.31. The average molecular weight is 253 g/mol. The van der Waals surface area contributed by atoms with Crippen molar-refractivity contribution >= 4 is 16.6 Å². The van der Waals surface area contributed by atoms with Crippen molar-refractivity contribution in [2.24, 2.45) is 0 Å². The molecule has 3 rings (SSSR count). The van der Waals surface area contributed by atoms with E-state index in [0.29, 0.717) is 0 Å². The minimum Gasteiger partial charge on any atom is -0.508 e. The van der Waals surface area contributed by atoms with Crippen molar-refractivity contribution in [3.63, 3.8) is 0 Å². The van der Waals surface area contributed by atoms with Crippen LogP contribution >= 0.6 is 0 Å². The second-order valence-electron chi connectivity index (χ2n) is 4.60. The van der Waals surface area contributed by atoms with E-state index in [1.165, 1.54) is 0 Å². The van der Waals surface area contributed by atoms with Gasteiger partial charge in [0.1, 0.15) is 5.75 Å². The SMILES string of the molecule is CC(Nc1cccc2cn[nH]c12)c1ccc(O)cc1. The summed E-state index contributed by atoms with van der Waals surface area (Å²) in [6.45, 7) is 2.08. The third-order valence-electron chi connectivity index (χ3n) is 3.24. The van der Waals surface area contributed by atoms with Crippen LogP contribution in [0.3, 0.4) is 0 Å². The van der Waals surface area contributed by atoms with Gasteiger partial charge in [-0.2, -0.15) is 5.10 Å². The second-order valence-corrected chi connectivity index (χ2v) is 4.60. The number of fused-ring (bicyclic) bond motifs is 1. The van der Waals surface area contributed by atoms with Gasteiger partial charge in [0, 0.05) is 11.4 Å². The summed E-state index contributed by atoms with van der Waals surface area (Å²) in [6.07, 6.45) is 1.81. The number of aromatic nitrogens is 2. The zero-order valence-corrected chi connectivity index (χ0v) is 10.6. The zero-order valence-electron chi connectivity index (χ0n) is 10.6. The number of rotatable bonds is 3. The van der Waals surface area contributed by atoms with Crippen LogP contribution in [0.2, 0.25) is 0 Å². The summed E-state index contributed by atoms with van der Waals surface area (Å²) < 4.78 is 0. The van der Waals surface area contributed by atoms with Crippen LogP contribution in [0.25, 0.3) is 10.9 Å². The van der Waals surface area contributed by atoms with Crippen molar-refractivity contribution in [2.75, 3.05) is 5.32 Å². The first kappa shape index (κ1) is 11.6. The normalized spacial score (nSPS) is 12.5. The van der Waals surface area contributed by atoms with Crippen molar-refractivity contribution in [2.45, 2.75) is 13.0 Å². The maximum atomic E-state index is 9.31. The third-order valence-corrected chi connectivity index (χ3v) is 3.24. The topological polar surface area (TPSA) is 60.9 Å². The van der Waals surface area contributed by atoms with Crippen LogP contribution in [-0.4, -0.2) is 15.3 Å². The van der Waals surface area contributed by atoms with Gasteiger partial charge in [0.2, 0.25) is 0 Å². The molecule has 0 amide bonds. The number of benzene rings is 2. The molecule has 0 aliphatic heterocycles. The summed E-state index contributed by atoms with van der Waals surface area (Å²) in [7, 11) is 0. The van der Waals surface area contributed by atoms with Crippen LogP contribution < -0.4 is 5.32 Å². The van der Waals surface area contributed by atoms with Gasteiger partial charge in [0.25, 0.3) is 0 Å². The summed E-state index contributed by atoms with van der Waals surface area (Å²) >= 11 is 0. The molecule has 0 radical (unpaired) electrons. The number of hydrogen-bond donors (Lipinski definition) is 3. The smallest absolute Gasteiger partial charge is 0.115 e. The Morgan fingerprint density at radius 1 is 1.16 bits per heavy atom. The Morgan fingerprint density at radius 3 is 2.74 bits per heavy atom. The lowest BCUT2D eigenvalue weighted by Crippen LogP contribution is -2.06. The number of phenolic OH excluding ortho intramolecular Hbond substituents is 1. The molecule has 4 nitrogen and oxygen atoms in total. The van der Waals surface area contributed by atoms with Crippen molar-refractivity contribution in [1.82, 2.24) is 10.2 Å². The van der Waals surface area contributed by atoms with E-state index in [0.717, 1.165) is 22.2 Å². The Hall–Kier alpha value is -2.49. The first-order chi connectivity index (χ1) is 9.24. The molecule has 1 atom stereocenters. The molecular weight excluding hydrogens is 238 g/mol. The molecule has 4 heteroatoms. The standard InChI is InChI=1S/C15H15N3O/c1-10(11-5-7-13(19)8-6-11)17-14-4-2-3-12-9-16-18-15(12)14/h2-10,17,19H,1H3,(H,16,18). The average Bonchev–Trinajstić information content (AvgIpc) is 2.89. The predicted octanol–water partition coefficient (Wildman–Crippen LogP) is 3.44. The number of aromatic amines is 1. The number of aromatic hydroxyl groups is 1. The number of phenols is 1. The van der Waals surface area contributed by atoms with Gasteiger partial charge in [-0.3, -0.25) is 5.10 Å². The molecule has 0 aliphatic carbocycles. The van der Waals surface area contributed by atoms with Crippen LogP contribution in [-0.2, 0) is 0 Å². The molecular formula is C15H15N3O. The van der Waals surface area contributed by atoms with Crippen molar-refractivity contribution in [3.05, 3.63) is 54.2 Å². The molecule has 3 aromatic rings. The summed E-state index contributed by atoms with van der Waals surface area (Å²) in [5, 5.41) is 20.9. The highest BCUT2D eigenvalue weighted by Gasteiger charge is 2.08. The lowest BCUT2D eigenvalue weighted by Gasteiger charge is -2.16. The molecule has 96 valence electrons. The van der Waals surface area contributed by atoms with Gasteiger partial charge in [-0.15, -0.1) is 0 Å². The molecule has 19 heavy (non-hydrogen) atoms. The minimum absolute atomic E-state index is 0.148. The van der Waals surface area contributed by atoms with E-state index in [2.05, 4.69) is 22.4 Å². The number of hydrogen-bond acceptors (Lipinski definition) is 3. The monoisotopic (exact) mass is 253 g/mol. The number of nitrogens with zero attached hydrogens (tertiary/aromatic N) is 1. The van der Waals surface area contributed by atoms with Gasteiger partial charge in [0.15, 0.2) is 0 Å². The number of H-pyrrole nitrogens is 1. The fraction of sp³-hybridized carbons (Fsp3) is 0.133. The van der Waals surface area contributed by atoms with Crippen LogP contribution in [0.4, 0.5) is 5.69 Å². The number of para-hydroxylation sites is 1. The predicted molar refractivity (Wildman–Crippen MR) is 76.2 cm³/mol. The maximum Gasteiger partial charge on any atom is 0.115 e. The van der Waals surface area contributed by atoms with Gasteiger partial charge in [-0.05, 0) is 30.7 Å². The fourth-order valence-electron chi connectivity index (χ4n) is 2.17. The summed E-state index contributed by atoms with van der Waals surface area (Å²) in [5.74, 6) is 0.284. The van der Waals surface area contributed by atoms with E-state index in [1.54, 1.807) is 12.1 Å². The van der Waals surface area contributed by atoms with E-state index in [-0.39, 0.29) is 11.8 Å². The first-order valence-electron chi connectivity index (χ1n) is 6.21. The highest BCUT2D eigenvalue weighted by molar-refractivity contribution is 5.90. The van der Waals surface area contributed by atoms with Crippen LogP contribution in [0, 0.1) is 0 Å². The van der Waals surface area contributed by atoms with Gasteiger partial charge in [-0.25, -0.2) is 0 Å². The first-order valence-corrected chi connectivity index (χ1v) is 6.21. The number of anilines is 1. The van der Waals surface area contributed by atoms with Crippen LogP contribution in [0.1, 0.15) is 18.5 Å². The largest absolute Gasteiger partial charge is 0.508 e. The molecule has 0 saturated carbocycles. The Labute approximate surface area is 111 Å². The Balaban J connectivity index is 1.88. The Kier molecular flexibility index (Phi) is 2.83. The third kappa shape index (κ3) is 2.25. The molecule has 0 spiro atoms. The highest BCUT2D eigenvalue weighted by atomic mass is 16.3. The Morgan fingerprint density at radius 2 is 1.95 bits per heavy atom. The Bertz CT molecular complexity index is 688. The molecule has 1 unspecified atom stereocenters. The quantitative estimate of drug-likeness (QED) is 0.670. The van der Waals surface area contributed by atoms with Crippen molar-refractivity contribution in [3.8, 4) is 5.75 Å². The molecule has 1 aromatic heterocycles. The van der Waals surface area contributed by atoms with Gasteiger partial charge < -0.3 is 10.4 Å². The lowest BCUT2D eigenvalue weighted by molar-refractivity contribution is 0.475. The lowest BCUT2D eigenvalue weighted by atomic mass is 10.1. The molecule has 0 fully saturated rings. The molecule has 2 aromatic carbocycles. The molecule has 0 aliphatic rings. The van der Waals surface area contributed by atoms with E-state index >= 15 is 0 Å². The molecule has 0 bridgehead atoms. The van der Waals surface area contributed by atoms with E-state index in [9.17, 15) is 5.11 Å². The van der Waals surface area contributed by atoms with E-state index in [1.807, 2.05) is 36.5 Å². The van der Waals surface area contributed by atoms with Crippen LogP contribution in [0.5, 0.6) is 5.75 Å². The molecule has 0 saturated heterocycles. The summed E-state index contributed by atoms with van der Waals surface area (Å²) in [6, 6.07) is 13.4. The van der Waals surface area contributed by atoms with Crippen molar-refractivity contribution in [1.29, 1.82) is 0 Å². The number of nitrogens with one attached hydrogen (secondary N) is 2. The van der Waals surface area contributed by atoms with Gasteiger partial charge >= 0.3 is 0 Å². The van der Waals surface area contributed by atoms with Gasteiger partial charge in [-0.1, -0.05) is 24.3 Å². The van der Waals surface area contributed by atoms with Crippen LogP contribution in [0.15, 0.2) is 48.7 Å². The fourth-order valence-corrected chi connectivity index (χ4v) is 2.17. The van der Waals surface area contributed by atoms with Gasteiger partial charge in [0.05, 0.1) is 17.4 Å². The minimum atomic E-state index is 0.148.